The average molecular weight is 339 g/mol. The lowest BCUT2D eigenvalue weighted by Gasteiger charge is -2.25. The zero-order valence-corrected chi connectivity index (χ0v) is 12.7. The van der Waals surface area contributed by atoms with Gasteiger partial charge in [-0.05, 0) is 31.0 Å². The molecule has 0 N–H and O–H groups in total. The summed E-state index contributed by atoms with van der Waals surface area (Å²) in [5, 5.41) is 0. The molecular formula is C16H16F3N3O2. The van der Waals surface area contributed by atoms with Crippen LogP contribution < -0.4 is 4.74 Å². The Kier molecular flexibility index (Phi) is 4.46. The Morgan fingerprint density at radius 2 is 2.21 bits per heavy atom. The van der Waals surface area contributed by atoms with Crippen LogP contribution in [0.15, 0.2) is 43.0 Å². The van der Waals surface area contributed by atoms with Gasteiger partial charge in [-0.25, -0.2) is 4.98 Å². The fourth-order valence-corrected chi connectivity index (χ4v) is 2.92. The molecule has 2 aromatic rings. The largest absolute Gasteiger partial charge is 0.573 e. The second-order valence-electron chi connectivity index (χ2n) is 5.63. The van der Waals surface area contributed by atoms with E-state index in [1.165, 1.54) is 18.2 Å². The zero-order valence-electron chi connectivity index (χ0n) is 12.7. The number of aromatic nitrogens is 2. The van der Waals surface area contributed by atoms with Crippen molar-refractivity contribution in [1.29, 1.82) is 0 Å². The monoisotopic (exact) mass is 339 g/mol. The molecule has 3 rings (SSSR count). The molecule has 1 saturated heterocycles. The lowest BCUT2D eigenvalue weighted by molar-refractivity contribution is -0.274. The SMILES string of the molecule is O=C(c1cccc(OC(F)(F)F)c1)N1CCCC1Cn1ccnc1. The molecule has 0 saturated carbocycles. The summed E-state index contributed by atoms with van der Waals surface area (Å²) in [7, 11) is 0. The standard InChI is InChI=1S/C16H16F3N3O2/c17-16(18,19)24-14-5-1-3-12(9-14)15(23)22-7-2-4-13(22)10-21-8-6-20-11-21/h1,3,5-6,8-9,11,13H,2,4,7,10H2. The van der Waals surface area contributed by atoms with Crippen molar-refractivity contribution in [1.82, 2.24) is 14.5 Å². The van der Waals surface area contributed by atoms with E-state index in [0.717, 1.165) is 18.9 Å². The minimum atomic E-state index is -4.78. The first-order chi connectivity index (χ1) is 11.4. The van der Waals surface area contributed by atoms with Crippen LogP contribution in [0.1, 0.15) is 23.2 Å². The van der Waals surface area contributed by atoms with Crippen LogP contribution in [0.3, 0.4) is 0 Å². The minimum absolute atomic E-state index is 0.00103. The Balaban J connectivity index is 1.74. The number of halogens is 3. The Bertz CT molecular complexity index is 701. The van der Waals surface area contributed by atoms with Crippen molar-refractivity contribution in [2.45, 2.75) is 31.8 Å². The van der Waals surface area contributed by atoms with E-state index < -0.39 is 12.1 Å². The van der Waals surface area contributed by atoms with E-state index in [1.807, 2.05) is 10.8 Å². The molecule has 1 amide bonds. The Hall–Kier alpha value is -2.51. The van der Waals surface area contributed by atoms with E-state index in [1.54, 1.807) is 17.4 Å². The first-order valence-electron chi connectivity index (χ1n) is 7.55. The molecule has 1 unspecified atom stereocenters. The van der Waals surface area contributed by atoms with Gasteiger partial charge in [-0.15, -0.1) is 13.2 Å². The van der Waals surface area contributed by atoms with E-state index in [2.05, 4.69) is 9.72 Å². The maximum Gasteiger partial charge on any atom is 0.573 e. The van der Waals surface area contributed by atoms with Crippen LogP contribution >= 0.6 is 0 Å². The number of alkyl halides is 3. The van der Waals surface area contributed by atoms with E-state index >= 15 is 0 Å². The van der Waals surface area contributed by atoms with Crippen molar-refractivity contribution in [3.63, 3.8) is 0 Å². The van der Waals surface area contributed by atoms with Crippen LogP contribution in [-0.4, -0.2) is 39.3 Å². The van der Waals surface area contributed by atoms with Crippen molar-refractivity contribution >= 4 is 5.91 Å². The summed E-state index contributed by atoms with van der Waals surface area (Å²) in [5.41, 5.74) is 0.189. The van der Waals surface area contributed by atoms with Gasteiger partial charge >= 0.3 is 6.36 Å². The fourth-order valence-electron chi connectivity index (χ4n) is 2.92. The number of amides is 1. The van der Waals surface area contributed by atoms with Crippen LogP contribution in [0.5, 0.6) is 5.75 Å². The third-order valence-electron chi connectivity index (χ3n) is 3.93. The Morgan fingerprint density at radius 1 is 1.38 bits per heavy atom. The minimum Gasteiger partial charge on any atom is -0.406 e. The van der Waals surface area contributed by atoms with Crippen LogP contribution in [0.4, 0.5) is 13.2 Å². The predicted molar refractivity (Wildman–Crippen MR) is 79.4 cm³/mol. The van der Waals surface area contributed by atoms with Crippen LogP contribution in [0.2, 0.25) is 0 Å². The number of hydrogen-bond donors (Lipinski definition) is 0. The molecule has 1 aromatic carbocycles. The molecule has 1 aliphatic rings. The third kappa shape index (κ3) is 3.87. The normalized spacial score (nSPS) is 18.0. The van der Waals surface area contributed by atoms with Crippen molar-refractivity contribution in [3.8, 4) is 5.75 Å². The fraction of sp³-hybridized carbons (Fsp3) is 0.375. The van der Waals surface area contributed by atoms with Gasteiger partial charge in [-0.2, -0.15) is 0 Å². The van der Waals surface area contributed by atoms with Gasteiger partial charge in [0.15, 0.2) is 0 Å². The first kappa shape index (κ1) is 16.4. The lowest BCUT2D eigenvalue weighted by atomic mass is 10.1. The van der Waals surface area contributed by atoms with Crippen molar-refractivity contribution < 1.29 is 22.7 Å². The van der Waals surface area contributed by atoms with Gasteiger partial charge in [-0.3, -0.25) is 4.79 Å². The van der Waals surface area contributed by atoms with Gasteiger partial charge in [-0.1, -0.05) is 6.07 Å². The molecule has 1 atom stereocenters. The van der Waals surface area contributed by atoms with E-state index in [4.69, 9.17) is 0 Å². The number of nitrogens with zero attached hydrogens (tertiary/aromatic N) is 3. The number of rotatable bonds is 4. The van der Waals surface area contributed by atoms with E-state index in [0.29, 0.717) is 13.1 Å². The number of hydrogen-bond acceptors (Lipinski definition) is 3. The smallest absolute Gasteiger partial charge is 0.406 e. The highest BCUT2D eigenvalue weighted by atomic mass is 19.4. The van der Waals surface area contributed by atoms with E-state index in [-0.39, 0.29) is 17.5 Å². The maximum atomic E-state index is 12.7. The number of carbonyl (C=O) groups is 1. The molecule has 0 aliphatic carbocycles. The summed E-state index contributed by atoms with van der Waals surface area (Å²) in [5.74, 6) is -0.677. The summed E-state index contributed by atoms with van der Waals surface area (Å²) in [6.45, 7) is 1.20. The first-order valence-corrected chi connectivity index (χ1v) is 7.55. The van der Waals surface area contributed by atoms with Crippen molar-refractivity contribution in [2.75, 3.05) is 6.54 Å². The average Bonchev–Trinajstić information content (AvgIpc) is 3.17. The molecule has 0 spiro atoms. The van der Waals surface area contributed by atoms with Gasteiger partial charge in [0, 0.05) is 37.1 Å². The molecule has 5 nitrogen and oxygen atoms in total. The number of likely N-dealkylation sites (tertiary alicyclic amines) is 1. The Labute approximate surface area is 136 Å². The highest BCUT2D eigenvalue weighted by Gasteiger charge is 2.32. The molecule has 8 heteroatoms. The molecular weight excluding hydrogens is 323 g/mol. The number of imidazole rings is 1. The zero-order chi connectivity index (χ0) is 17.2. The molecule has 128 valence electrons. The summed E-state index contributed by atoms with van der Waals surface area (Å²) in [6.07, 6.45) is 2.10. The van der Waals surface area contributed by atoms with Gasteiger partial charge in [0.2, 0.25) is 0 Å². The van der Waals surface area contributed by atoms with Crippen molar-refractivity contribution in [2.24, 2.45) is 0 Å². The van der Waals surface area contributed by atoms with Gasteiger partial charge in [0.25, 0.3) is 5.91 Å². The topological polar surface area (TPSA) is 47.4 Å². The highest BCUT2D eigenvalue weighted by molar-refractivity contribution is 5.95. The highest BCUT2D eigenvalue weighted by Crippen LogP contribution is 2.26. The predicted octanol–water partition coefficient (Wildman–Crippen LogP) is 3.09. The molecule has 0 radical (unpaired) electrons. The Morgan fingerprint density at radius 3 is 2.92 bits per heavy atom. The molecule has 2 heterocycles. The summed E-state index contributed by atoms with van der Waals surface area (Å²) in [6, 6.07) is 5.19. The van der Waals surface area contributed by atoms with Crippen LogP contribution in [0.25, 0.3) is 0 Å². The second-order valence-corrected chi connectivity index (χ2v) is 5.63. The van der Waals surface area contributed by atoms with Crippen molar-refractivity contribution in [3.05, 3.63) is 48.5 Å². The summed E-state index contributed by atoms with van der Waals surface area (Å²) >= 11 is 0. The lowest BCUT2D eigenvalue weighted by Crippen LogP contribution is -2.38. The van der Waals surface area contributed by atoms with Gasteiger partial charge in [0.1, 0.15) is 5.75 Å². The maximum absolute atomic E-state index is 12.7. The molecule has 1 aromatic heterocycles. The number of benzene rings is 1. The van der Waals surface area contributed by atoms with Crippen LogP contribution in [0, 0.1) is 0 Å². The number of ether oxygens (including phenoxy) is 1. The quantitative estimate of drug-likeness (QED) is 0.860. The molecule has 0 bridgehead atoms. The van der Waals surface area contributed by atoms with Crippen LogP contribution in [-0.2, 0) is 6.54 Å². The molecule has 24 heavy (non-hydrogen) atoms. The van der Waals surface area contributed by atoms with Gasteiger partial charge in [0.05, 0.1) is 6.33 Å². The summed E-state index contributed by atoms with van der Waals surface area (Å²) in [4.78, 5) is 18.3. The van der Waals surface area contributed by atoms with Gasteiger partial charge < -0.3 is 14.2 Å². The third-order valence-corrected chi connectivity index (χ3v) is 3.93. The molecule has 1 aliphatic heterocycles. The number of carbonyl (C=O) groups excluding carboxylic acids is 1. The molecule has 1 fully saturated rings. The second kappa shape index (κ2) is 6.54. The van der Waals surface area contributed by atoms with E-state index in [9.17, 15) is 18.0 Å². The summed E-state index contributed by atoms with van der Waals surface area (Å²) < 4.78 is 42.7.